The van der Waals surface area contributed by atoms with Gasteiger partial charge in [-0.3, -0.25) is 0 Å². The number of hydrogen-bond donors (Lipinski definition) is 1. The Hall–Kier alpha value is -1.36. The van der Waals surface area contributed by atoms with Crippen molar-refractivity contribution in [2.24, 2.45) is 5.73 Å². The van der Waals surface area contributed by atoms with Crippen LogP contribution in [0.2, 0.25) is 0 Å². The van der Waals surface area contributed by atoms with Gasteiger partial charge in [0.05, 0.1) is 0 Å². The molecular formula is C9H9F2NO2. The lowest BCUT2D eigenvalue weighted by atomic mass is 10.1. The molecule has 0 bridgehead atoms. The lowest BCUT2D eigenvalue weighted by molar-refractivity contribution is -0.286. The van der Waals surface area contributed by atoms with Crippen LogP contribution in [0.4, 0.5) is 8.78 Å². The van der Waals surface area contributed by atoms with Crippen molar-refractivity contribution in [2.45, 2.75) is 19.3 Å². The fourth-order valence-electron chi connectivity index (χ4n) is 1.25. The van der Waals surface area contributed by atoms with E-state index in [0.29, 0.717) is 0 Å². The fraction of sp³-hybridized carbons (Fsp3) is 0.333. The fourth-order valence-corrected chi connectivity index (χ4v) is 1.25. The summed E-state index contributed by atoms with van der Waals surface area (Å²) in [6.07, 6.45) is -3.56. The Morgan fingerprint density at radius 2 is 1.93 bits per heavy atom. The minimum atomic E-state index is -3.56. The van der Waals surface area contributed by atoms with E-state index in [-0.39, 0.29) is 17.5 Å². The van der Waals surface area contributed by atoms with E-state index in [1.165, 1.54) is 12.1 Å². The van der Waals surface area contributed by atoms with Gasteiger partial charge in [-0.15, -0.1) is 8.78 Å². The minimum absolute atomic E-state index is 0.0322. The molecule has 1 aliphatic heterocycles. The van der Waals surface area contributed by atoms with Crippen molar-refractivity contribution in [3.05, 3.63) is 23.8 Å². The summed E-state index contributed by atoms with van der Waals surface area (Å²) < 4.78 is 33.7. The van der Waals surface area contributed by atoms with Crippen molar-refractivity contribution in [3.8, 4) is 11.5 Å². The van der Waals surface area contributed by atoms with Crippen molar-refractivity contribution < 1.29 is 18.3 Å². The van der Waals surface area contributed by atoms with E-state index >= 15 is 0 Å². The molecule has 2 rings (SSSR count). The Labute approximate surface area is 79.4 Å². The number of alkyl halides is 2. The molecule has 0 saturated heterocycles. The van der Waals surface area contributed by atoms with Crippen molar-refractivity contribution in [1.82, 2.24) is 0 Å². The van der Waals surface area contributed by atoms with Gasteiger partial charge in [-0.05, 0) is 24.6 Å². The van der Waals surface area contributed by atoms with Crippen LogP contribution in [-0.4, -0.2) is 6.29 Å². The molecule has 0 fully saturated rings. The van der Waals surface area contributed by atoms with Gasteiger partial charge in [0.15, 0.2) is 11.5 Å². The second-order valence-corrected chi connectivity index (χ2v) is 3.16. The molecule has 14 heavy (non-hydrogen) atoms. The Balaban J connectivity index is 2.36. The third-order valence-corrected chi connectivity index (χ3v) is 1.95. The second kappa shape index (κ2) is 2.81. The summed E-state index contributed by atoms with van der Waals surface area (Å²) in [6, 6.07) is 4.29. The molecule has 0 aromatic heterocycles. The van der Waals surface area contributed by atoms with Crippen molar-refractivity contribution >= 4 is 0 Å². The molecule has 1 unspecified atom stereocenters. The summed E-state index contributed by atoms with van der Waals surface area (Å²) in [5, 5.41) is 0. The highest BCUT2D eigenvalue weighted by molar-refractivity contribution is 5.45. The van der Waals surface area contributed by atoms with Gasteiger partial charge in [0.25, 0.3) is 0 Å². The highest BCUT2D eigenvalue weighted by atomic mass is 19.3. The van der Waals surface area contributed by atoms with Crippen LogP contribution < -0.4 is 15.2 Å². The number of benzene rings is 1. The van der Waals surface area contributed by atoms with Crippen molar-refractivity contribution in [2.75, 3.05) is 0 Å². The molecule has 1 heterocycles. The highest BCUT2D eigenvalue weighted by Crippen LogP contribution is 2.41. The van der Waals surface area contributed by atoms with E-state index in [2.05, 4.69) is 9.47 Å². The molecule has 0 spiro atoms. The molecule has 0 saturated carbocycles. The molecular weight excluding hydrogens is 192 g/mol. The summed E-state index contributed by atoms with van der Waals surface area (Å²) >= 11 is 0. The average Bonchev–Trinajstić information content (AvgIpc) is 2.36. The predicted octanol–water partition coefficient (Wildman–Crippen LogP) is 2.03. The summed E-state index contributed by atoms with van der Waals surface area (Å²) in [7, 11) is 0. The maximum Gasteiger partial charge on any atom is 0.586 e. The number of ether oxygens (including phenoxy) is 2. The third-order valence-electron chi connectivity index (χ3n) is 1.95. The van der Waals surface area contributed by atoms with Crippen LogP contribution in [0.3, 0.4) is 0 Å². The molecule has 1 aromatic carbocycles. The van der Waals surface area contributed by atoms with Gasteiger partial charge < -0.3 is 15.2 Å². The lowest BCUT2D eigenvalue weighted by Crippen LogP contribution is -2.25. The Morgan fingerprint density at radius 3 is 2.57 bits per heavy atom. The molecule has 1 atom stereocenters. The van der Waals surface area contributed by atoms with Gasteiger partial charge in [0.2, 0.25) is 0 Å². The second-order valence-electron chi connectivity index (χ2n) is 3.16. The van der Waals surface area contributed by atoms with Gasteiger partial charge in [0, 0.05) is 6.04 Å². The molecule has 0 aliphatic carbocycles. The van der Waals surface area contributed by atoms with Crippen LogP contribution in [0.1, 0.15) is 18.5 Å². The Bertz CT molecular complexity index is 366. The van der Waals surface area contributed by atoms with Crippen LogP contribution in [0.25, 0.3) is 0 Å². The summed E-state index contributed by atoms with van der Waals surface area (Å²) in [6.45, 7) is 1.76. The zero-order valence-corrected chi connectivity index (χ0v) is 7.46. The van der Waals surface area contributed by atoms with Crippen LogP contribution in [-0.2, 0) is 0 Å². The standard InChI is InChI=1S/C9H9F2NO2/c1-5(12)6-2-3-7-8(4-6)14-9(10,11)13-7/h2-5H,12H2,1H3. The number of rotatable bonds is 1. The van der Waals surface area contributed by atoms with Gasteiger partial charge in [-0.2, -0.15) is 0 Å². The summed E-state index contributed by atoms with van der Waals surface area (Å²) in [5.74, 6) is 0.0733. The number of fused-ring (bicyclic) bond motifs is 1. The van der Waals surface area contributed by atoms with Crippen LogP contribution in [0.5, 0.6) is 11.5 Å². The number of nitrogens with two attached hydrogens (primary N) is 1. The van der Waals surface area contributed by atoms with Crippen LogP contribution in [0, 0.1) is 0 Å². The van der Waals surface area contributed by atoms with E-state index in [1.54, 1.807) is 13.0 Å². The molecule has 2 N–H and O–H groups in total. The number of hydrogen-bond acceptors (Lipinski definition) is 3. The monoisotopic (exact) mass is 201 g/mol. The largest absolute Gasteiger partial charge is 0.586 e. The molecule has 1 aromatic rings. The van der Waals surface area contributed by atoms with E-state index < -0.39 is 6.29 Å². The smallest absolute Gasteiger partial charge is 0.395 e. The zero-order chi connectivity index (χ0) is 10.3. The van der Waals surface area contributed by atoms with Crippen molar-refractivity contribution in [1.29, 1.82) is 0 Å². The van der Waals surface area contributed by atoms with Crippen molar-refractivity contribution in [3.63, 3.8) is 0 Å². The SMILES string of the molecule is CC(N)c1ccc2c(c1)OC(F)(F)O2. The Morgan fingerprint density at radius 1 is 1.29 bits per heavy atom. The maximum absolute atomic E-state index is 12.6. The molecule has 5 heteroatoms. The van der Waals surface area contributed by atoms with Crippen LogP contribution in [0.15, 0.2) is 18.2 Å². The lowest BCUT2D eigenvalue weighted by Gasteiger charge is -2.05. The van der Waals surface area contributed by atoms with E-state index in [1.807, 2.05) is 0 Å². The third kappa shape index (κ3) is 1.50. The molecule has 1 aliphatic rings. The first-order chi connectivity index (χ1) is 6.48. The Kier molecular flexibility index (Phi) is 1.85. The topological polar surface area (TPSA) is 44.5 Å². The van der Waals surface area contributed by atoms with E-state index in [0.717, 1.165) is 5.56 Å². The summed E-state index contributed by atoms with van der Waals surface area (Å²) in [4.78, 5) is 0. The van der Waals surface area contributed by atoms with Gasteiger partial charge in [-0.25, -0.2) is 0 Å². The maximum atomic E-state index is 12.6. The first kappa shape index (κ1) is 9.21. The predicted molar refractivity (Wildman–Crippen MR) is 45.2 cm³/mol. The normalized spacial score (nSPS) is 19.4. The number of halogens is 2. The van der Waals surface area contributed by atoms with Crippen LogP contribution >= 0.6 is 0 Å². The first-order valence-electron chi connectivity index (χ1n) is 4.13. The molecule has 76 valence electrons. The van der Waals surface area contributed by atoms with E-state index in [4.69, 9.17) is 5.73 Å². The minimum Gasteiger partial charge on any atom is -0.395 e. The zero-order valence-electron chi connectivity index (χ0n) is 7.46. The average molecular weight is 201 g/mol. The quantitative estimate of drug-likeness (QED) is 0.756. The molecule has 0 radical (unpaired) electrons. The molecule has 0 amide bonds. The van der Waals surface area contributed by atoms with E-state index in [9.17, 15) is 8.78 Å². The van der Waals surface area contributed by atoms with Gasteiger partial charge in [0.1, 0.15) is 0 Å². The first-order valence-corrected chi connectivity index (χ1v) is 4.13. The van der Waals surface area contributed by atoms with Gasteiger partial charge >= 0.3 is 6.29 Å². The highest BCUT2D eigenvalue weighted by Gasteiger charge is 2.43. The van der Waals surface area contributed by atoms with Gasteiger partial charge in [-0.1, -0.05) is 6.07 Å². The summed E-state index contributed by atoms with van der Waals surface area (Å²) in [5.41, 5.74) is 6.32. The molecule has 3 nitrogen and oxygen atoms in total.